The summed E-state index contributed by atoms with van der Waals surface area (Å²) in [5.41, 5.74) is 0.857. The first-order valence-corrected chi connectivity index (χ1v) is 5.92. The Kier molecular flexibility index (Phi) is 3.98. The highest BCUT2D eigenvalue weighted by Gasteiger charge is 2.11. The van der Waals surface area contributed by atoms with Crippen LogP contribution in [-0.4, -0.2) is 24.7 Å². The molecule has 4 heteroatoms. The van der Waals surface area contributed by atoms with Gasteiger partial charge in [-0.1, -0.05) is 13.3 Å². The summed E-state index contributed by atoms with van der Waals surface area (Å²) in [4.78, 5) is 4.36. The third-order valence-corrected chi connectivity index (χ3v) is 2.73. The molecule has 0 aromatic carbocycles. The number of methoxy groups -OCH3 is 1. The highest BCUT2D eigenvalue weighted by Crippen LogP contribution is 2.22. The van der Waals surface area contributed by atoms with Gasteiger partial charge < -0.3 is 14.5 Å². The van der Waals surface area contributed by atoms with Crippen molar-refractivity contribution in [2.45, 2.75) is 25.8 Å². The molecule has 2 aromatic rings. The topological polar surface area (TPSA) is 47.3 Å². The number of rotatable bonds is 6. The summed E-state index contributed by atoms with van der Waals surface area (Å²) in [6, 6.07) is 4.09. The predicted octanol–water partition coefficient (Wildman–Crippen LogP) is 3.05. The Morgan fingerprint density at radius 2 is 2.35 bits per heavy atom. The minimum atomic E-state index is 0.290. The summed E-state index contributed by atoms with van der Waals surface area (Å²) in [6.07, 6.45) is 5.61. The lowest BCUT2D eigenvalue weighted by molar-refractivity contribution is 0.182. The van der Waals surface area contributed by atoms with E-state index in [4.69, 9.17) is 9.15 Å². The molecule has 4 nitrogen and oxygen atoms in total. The van der Waals surface area contributed by atoms with E-state index in [9.17, 15) is 0 Å². The molecule has 0 saturated carbocycles. The molecule has 0 saturated heterocycles. The number of pyridine rings is 1. The fraction of sp³-hybridized carbons (Fsp3) is 0.462. The van der Waals surface area contributed by atoms with Crippen LogP contribution in [0.15, 0.2) is 29.0 Å². The van der Waals surface area contributed by atoms with Crippen molar-refractivity contribution in [3.05, 3.63) is 24.6 Å². The molecule has 0 aliphatic carbocycles. The molecule has 2 heterocycles. The largest absolute Gasteiger partial charge is 0.464 e. The average molecular weight is 234 g/mol. The van der Waals surface area contributed by atoms with Crippen LogP contribution in [0.5, 0.6) is 0 Å². The zero-order valence-corrected chi connectivity index (χ0v) is 10.3. The number of nitrogens with one attached hydrogen (secondary N) is 1. The SMILES string of the molecule is CCCC(COC)Nc1nccc2occc12. The first-order valence-electron chi connectivity index (χ1n) is 5.92. The van der Waals surface area contributed by atoms with Crippen molar-refractivity contribution in [2.75, 3.05) is 19.0 Å². The molecule has 1 atom stereocenters. The van der Waals surface area contributed by atoms with Gasteiger partial charge in [-0.3, -0.25) is 0 Å². The molecule has 17 heavy (non-hydrogen) atoms. The van der Waals surface area contributed by atoms with Crippen LogP contribution in [0, 0.1) is 0 Å². The van der Waals surface area contributed by atoms with Crippen molar-refractivity contribution in [2.24, 2.45) is 0 Å². The summed E-state index contributed by atoms with van der Waals surface area (Å²) >= 11 is 0. The third kappa shape index (κ3) is 2.77. The number of anilines is 1. The number of hydrogen-bond donors (Lipinski definition) is 1. The van der Waals surface area contributed by atoms with Gasteiger partial charge in [-0.05, 0) is 18.6 Å². The molecule has 0 bridgehead atoms. The van der Waals surface area contributed by atoms with E-state index >= 15 is 0 Å². The lowest BCUT2D eigenvalue weighted by atomic mass is 10.1. The molecule has 1 N–H and O–H groups in total. The minimum Gasteiger partial charge on any atom is -0.464 e. The Morgan fingerprint density at radius 3 is 3.12 bits per heavy atom. The van der Waals surface area contributed by atoms with Crippen molar-refractivity contribution >= 4 is 16.8 Å². The van der Waals surface area contributed by atoms with E-state index in [1.54, 1.807) is 19.6 Å². The highest BCUT2D eigenvalue weighted by molar-refractivity contribution is 5.87. The maximum atomic E-state index is 5.35. The smallest absolute Gasteiger partial charge is 0.139 e. The van der Waals surface area contributed by atoms with Crippen LogP contribution in [0.4, 0.5) is 5.82 Å². The zero-order valence-electron chi connectivity index (χ0n) is 10.3. The van der Waals surface area contributed by atoms with Crippen LogP contribution in [-0.2, 0) is 4.74 Å². The highest BCUT2D eigenvalue weighted by atomic mass is 16.5. The van der Waals surface area contributed by atoms with Gasteiger partial charge in [-0.25, -0.2) is 4.98 Å². The lowest BCUT2D eigenvalue weighted by Gasteiger charge is -2.17. The molecule has 92 valence electrons. The van der Waals surface area contributed by atoms with Gasteiger partial charge in [0.25, 0.3) is 0 Å². The predicted molar refractivity (Wildman–Crippen MR) is 68.2 cm³/mol. The van der Waals surface area contributed by atoms with Gasteiger partial charge in [0.05, 0.1) is 24.3 Å². The van der Waals surface area contributed by atoms with Crippen LogP contribution < -0.4 is 5.32 Å². The first-order chi connectivity index (χ1) is 8.35. The summed E-state index contributed by atoms with van der Waals surface area (Å²) in [5, 5.41) is 4.43. The molecule has 0 spiro atoms. The van der Waals surface area contributed by atoms with Crippen LogP contribution >= 0.6 is 0 Å². The number of fused-ring (bicyclic) bond motifs is 1. The van der Waals surface area contributed by atoms with Gasteiger partial charge >= 0.3 is 0 Å². The first kappa shape index (κ1) is 11.9. The number of aromatic nitrogens is 1. The van der Waals surface area contributed by atoms with Crippen molar-refractivity contribution in [1.29, 1.82) is 0 Å². The summed E-state index contributed by atoms with van der Waals surface area (Å²) in [6.45, 7) is 2.85. The molecule has 0 amide bonds. The van der Waals surface area contributed by atoms with Gasteiger partial charge in [0.2, 0.25) is 0 Å². The van der Waals surface area contributed by atoms with Gasteiger partial charge in [0.15, 0.2) is 0 Å². The van der Waals surface area contributed by atoms with Gasteiger partial charge in [-0.2, -0.15) is 0 Å². The van der Waals surface area contributed by atoms with E-state index in [-0.39, 0.29) is 6.04 Å². The van der Waals surface area contributed by atoms with Crippen LogP contribution in [0.1, 0.15) is 19.8 Å². The van der Waals surface area contributed by atoms with Gasteiger partial charge in [0, 0.05) is 13.3 Å². The Bertz CT molecular complexity index is 461. The van der Waals surface area contributed by atoms with Crippen molar-refractivity contribution < 1.29 is 9.15 Å². The minimum absolute atomic E-state index is 0.290. The normalized spacial score (nSPS) is 12.8. The third-order valence-electron chi connectivity index (χ3n) is 2.73. The molecule has 0 fully saturated rings. The number of hydrogen-bond acceptors (Lipinski definition) is 4. The molecule has 0 aliphatic rings. The number of nitrogens with zero attached hydrogens (tertiary/aromatic N) is 1. The monoisotopic (exact) mass is 234 g/mol. The maximum absolute atomic E-state index is 5.35. The summed E-state index contributed by atoms with van der Waals surface area (Å²) in [7, 11) is 1.72. The van der Waals surface area contributed by atoms with Crippen molar-refractivity contribution in [1.82, 2.24) is 4.98 Å². The quantitative estimate of drug-likeness (QED) is 0.834. The standard InChI is InChI=1S/C13H18N2O2/c1-3-4-10(9-16-2)15-13-11-6-8-17-12(11)5-7-14-13/h5-8,10H,3-4,9H2,1-2H3,(H,14,15). The van der Waals surface area contributed by atoms with Gasteiger partial charge in [-0.15, -0.1) is 0 Å². The van der Waals surface area contributed by atoms with Crippen molar-refractivity contribution in [3.63, 3.8) is 0 Å². The van der Waals surface area contributed by atoms with E-state index in [1.165, 1.54) is 0 Å². The molecule has 0 radical (unpaired) electrons. The van der Waals surface area contributed by atoms with Gasteiger partial charge in [0.1, 0.15) is 11.4 Å². The number of furan rings is 1. The second-order valence-electron chi connectivity index (χ2n) is 4.08. The van der Waals surface area contributed by atoms with E-state index in [0.717, 1.165) is 29.6 Å². The maximum Gasteiger partial charge on any atom is 0.139 e. The van der Waals surface area contributed by atoms with E-state index < -0.39 is 0 Å². The zero-order chi connectivity index (χ0) is 12.1. The van der Waals surface area contributed by atoms with Crippen LogP contribution in [0.3, 0.4) is 0 Å². The van der Waals surface area contributed by atoms with E-state index in [2.05, 4.69) is 17.2 Å². The molecule has 2 rings (SSSR count). The Morgan fingerprint density at radius 1 is 1.47 bits per heavy atom. The Balaban J connectivity index is 2.18. The fourth-order valence-electron chi connectivity index (χ4n) is 1.95. The second kappa shape index (κ2) is 5.68. The fourth-order valence-corrected chi connectivity index (χ4v) is 1.95. The molecule has 1 unspecified atom stereocenters. The second-order valence-corrected chi connectivity index (χ2v) is 4.08. The number of ether oxygens (including phenoxy) is 1. The average Bonchev–Trinajstić information content (AvgIpc) is 2.79. The molecular formula is C13H18N2O2. The Labute approximate surface area is 101 Å². The summed E-state index contributed by atoms with van der Waals surface area (Å²) in [5.74, 6) is 0.867. The molecular weight excluding hydrogens is 216 g/mol. The summed E-state index contributed by atoms with van der Waals surface area (Å²) < 4.78 is 10.6. The van der Waals surface area contributed by atoms with Crippen LogP contribution in [0.25, 0.3) is 11.0 Å². The van der Waals surface area contributed by atoms with E-state index in [0.29, 0.717) is 6.61 Å². The Hall–Kier alpha value is -1.55. The molecule has 2 aromatic heterocycles. The van der Waals surface area contributed by atoms with Crippen LogP contribution in [0.2, 0.25) is 0 Å². The lowest BCUT2D eigenvalue weighted by Crippen LogP contribution is -2.25. The van der Waals surface area contributed by atoms with Crippen molar-refractivity contribution in [3.8, 4) is 0 Å². The van der Waals surface area contributed by atoms with E-state index in [1.807, 2.05) is 12.1 Å². The molecule has 0 aliphatic heterocycles.